The van der Waals surface area contributed by atoms with Gasteiger partial charge in [0.1, 0.15) is 0 Å². The maximum atomic E-state index is 4.07. The van der Waals surface area contributed by atoms with Crippen LogP contribution < -0.4 is 15.9 Å². The molecular weight excluding hydrogens is 738 g/mol. The van der Waals surface area contributed by atoms with E-state index in [1.807, 2.05) is 0 Å². The second-order valence-electron chi connectivity index (χ2n) is 12.0. The minimum atomic E-state index is -3.20. The Hall–Kier alpha value is -2.15. The van der Waals surface area contributed by atoms with Gasteiger partial charge in [-0.05, 0) is 0 Å². The van der Waals surface area contributed by atoms with E-state index in [1.165, 1.54) is 58.2 Å². The average Bonchev–Trinajstić information content (AvgIpc) is 3.63. The predicted octanol–water partition coefficient (Wildman–Crippen LogP) is 10.2. The molecule has 2 atom stereocenters. The first-order valence-corrected chi connectivity index (χ1v) is 24.8. The Balaban J connectivity index is 1.52. The molecule has 0 nitrogen and oxygen atoms in total. The molecule has 8 rings (SSSR count). The van der Waals surface area contributed by atoms with Crippen LogP contribution in [-0.4, -0.2) is 0 Å². The van der Waals surface area contributed by atoms with Crippen molar-refractivity contribution >= 4 is 67.8 Å². The fourth-order valence-electron chi connectivity index (χ4n) is 7.48. The van der Waals surface area contributed by atoms with Gasteiger partial charge in [0.05, 0.1) is 0 Å². The van der Waals surface area contributed by atoms with E-state index < -0.39 is 28.2 Å². The monoisotopic (exact) mass is 764 g/mol. The molecule has 0 saturated heterocycles. The zero-order valence-corrected chi connectivity index (χ0v) is 30.0. The molecule has 0 amide bonds. The molecular formula is C38H29Br2PZr. The van der Waals surface area contributed by atoms with Crippen LogP contribution in [0.15, 0.2) is 131 Å². The van der Waals surface area contributed by atoms with E-state index in [4.69, 9.17) is 0 Å². The summed E-state index contributed by atoms with van der Waals surface area (Å²) >= 11 is 4.95. The van der Waals surface area contributed by atoms with Gasteiger partial charge in [-0.1, -0.05) is 0 Å². The van der Waals surface area contributed by atoms with Gasteiger partial charge in [0, 0.05) is 0 Å². The number of halogens is 2. The van der Waals surface area contributed by atoms with E-state index >= 15 is 0 Å². The molecule has 204 valence electrons. The van der Waals surface area contributed by atoms with Gasteiger partial charge in [-0.15, -0.1) is 0 Å². The van der Waals surface area contributed by atoms with E-state index in [9.17, 15) is 0 Å². The summed E-state index contributed by atoms with van der Waals surface area (Å²) < 4.78 is 11.1. The van der Waals surface area contributed by atoms with Crippen molar-refractivity contribution in [3.63, 3.8) is 0 Å². The molecule has 0 N–H and O–H groups in total. The third-order valence-electron chi connectivity index (χ3n) is 9.43. The molecule has 1 heterocycles. The molecule has 0 fully saturated rings. The second-order valence-corrected chi connectivity index (χ2v) is 26.7. The van der Waals surface area contributed by atoms with E-state index in [0.29, 0.717) is 0 Å². The van der Waals surface area contributed by atoms with Crippen molar-refractivity contribution < 1.29 is 20.3 Å². The number of hydrogen-bond acceptors (Lipinski definition) is 0. The molecule has 0 radical (unpaired) electrons. The normalized spacial score (nSPS) is 21.1. The zero-order chi connectivity index (χ0) is 28.6. The molecule has 3 aliphatic rings. The Labute approximate surface area is 271 Å². The third-order valence-corrected chi connectivity index (χ3v) is 22.6. The Morgan fingerprint density at radius 3 is 1.36 bits per heavy atom. The summed E-state index contributed by atoms with van der Waals surface area (Å²) in [5, 5.41) is 4.34. The van der Waals surface area contributed by atoms with Crippen LogP contribution in [0.2, 0.25) is 9.26 Å². The van der Waals surface area contributed by atoms with Crippen molar-refractivity contribution in [2.45, 2.75) is 21.1 Å². The molecule has 4 heteroatoms. The number of rotatable bonds is 3. The number of benzene rings is 5. The van der Waals surface area contributed by atoms with Crippen molar-refractivity contribution in [1.29, 1.82) is 0 Å². The Kier molecular flexibility index (Phi) is 6.84. The van der Waals surface area contributed by atoms with E-state index in [1.54, 1.807) is 6.56 Å². The SMILES string of the molecule is [CH3][Zr]1([CH3])[C]2=Cc3c(ccc(Br)c3C2c2ccccc2)P(c2ccccc2)c2ccc(Br)c3c2C=[C]1C3c1ccccc1. The van der Waals surface area contributed by atoms with Crippen molar-refractivity contribution in [2.24, 2.45) is 0 Å². The van der Waals surface area contributed by atoms with Crippen LogP contribution in [0.1, 0.15) is 45.2 Å². The maximum absolute atomic E-state index is 4.07. The van der Waals surface area contributed by atoms with Crippen LogP contribution in [0.5, 0.6) is 0 Å². The van der Waals surface area contributed by atoms with E-state index in [2.05, 4.69) is 169 Å². The van der Waals surface area contributed by atoms with Gasteiger partial charge < -0.3 is 0 Å². The number of hydrogen-bond donors (Lipinski definition) is 0. The van der Waals surface area contributed by atoms with Crippen LogP contribution in [0.25, 0.3) is 12.2 Å². The summed E-state index contributed by atoms with van der Waals surface area (Å²) in [6.45, 7) is 0. The van der Waals surface area contributed by atoms with Gasteiger partial charge in [0.25, 0.3) is 0 Å². The van der Waals surface area contributed by atoms with Crippen LogP contribution in [0.4, 0.5) is 0 Å². The van der Waals surface area contributed by atoms with Crippen LogP contribution >= 0.6 is 39.8 Å². The number of allylic oxidation sites excluding steroid dienone is 2. The van der Waals surface area contributed by atoms with E-state index in [-0.39, 0.29) is 11.8 Å². The molecule has 42 heavy (non-hydrogen) atoms. The van der Waals surface area contributed by atoms with Crippen molar-refractivity contribution in [2.75, 3.05) is 0 Å². The molecule has 5 aromatic rings. The van der Waals surface area contributed by atoms with Gasteiger partial charge in [-0.25, -0.2) is 0 Å². The third kappa shape index (κ3) is 4.11. The summed E-state index contributed by atoms with van der Waals surface area (Å²) in [6, 6.07) is 43.2. The fourth-order valence-corrected chi connectivity index (χ4v) is 19.6. The van der Waals surface area contributed by atoms with E-state index in [0.717, 1.165) is 0 Å². The average molecular weight is 768 g/mol. The molecule has 0 aromatic heterocycles. The van der Waals surface area contributed by atoms with Gasteiger partial charge >= 0.3 is 273 Å². The van der Waals surface area contributed by atoms with Gasteiger partial charge in [-0.2, -0.15) is 0 Å². The first kappa shape index (κ1) is 27.4. The molecule has 5 aromatic carbocycles. The van der Waals surface area contributed by atoms with Crippen LogP contribution in [0.3, 0.4) is 0 Å². The summed E-state index contributed by atoms with van der Waals surface area (Å²) in [4.78, 5) is 0. The van der Waals surface area contributed by atoms with Crippen LogP contribution in [0, 0.1) is 0 Å². The van der Waals surface area contributed by atoms with Crippen molar-refractivity contribution in [1.82, 2.24) is 0 Å². The van der Waals surface area contributed by atoms with Crippen molar-refractivity contribution in [3.8, 4) is 0 Å². The van der Waals surface area contributed by atoms with Gasteiger partial charge in [-0.3, -0.25) is 0 Å². The Morgan fingerprint density at radius 2 is 0.929 bits per heavy atom. The molecule has 0 spiro atoms. The first-order valence-electron chi connectivity index (χ1n) is 14.5. The van der Waals surface area contributed by atoms with Gasteiger partial charge in [0.2, 0.25) is 0 Å². The summed E-state index contributed by atoms with van der Waals surface area (Å²) in [5.74, 6) is 0.539. The Bertz CT molecular complexity index is 1810. The molecule has 0 saturated carbocycles. The molecule has 4 bridgehead atoms. The van der Waals surface area contributed by atoms with Crippen LogP contribution in [-0.2, 0) is 20.3 Å². The molecule has 2 unspecified atom stereocenters. The van der Waals surface area contributed by atoms with Crippen molar-refractivity contribution in [3.05, 3.63) is 164 Å². The molecule has 1 aliphatic heterocycles. The van der Waals surface area contributed by atoms with Gasteiger partial charge in [0.15, 0.2) is 0 Å². The fraction of sp³-hybridized carbons (Fsp3) is 0.105. The topological polar surface area (TPSA) is 0 Å². The predicted molar refractivity (Wildman–Crippen MR) is 185 cm³/mol. The summed E-state index contributed by atoms with van der Waals surface area (Å²) in [7, 11) is -0.789. The minimum absolute atomic E-state index is 0.270. The zero-order valence-electron chi connectivity index (χ0n) is 23.5. The second kappa shape index (κ2) is 10.5. The molecule has 2 aliphatic carbocycles. The Morgan fingerprint density at radius 1 is 0.524 bits per heavy atom. The summed E-state index contributed by atoms with van der Waals surface area (Å²) in [6.07, 6.45) is 5.32. The first-order chi connectivity index (χ1) is 20.4. The summed E-state index contributed by atoms with van der Waals surface area (Å²) in [5.41, 5.74) is 8.62. The standard InChI is InChI=1S/C36H23Br2P.2CH3.Zr/c37-31-20-22-33(29-18-16-27(35(29)31)24-10-4-1-5-11-24)39(26-14-8-3-9-15-26)34-23-21-32(38)36-28(17-19-30(34)36)25-12-6-2-7-13-25;;;/h1-15,18-23,27-28H;2*1H3;. The quantitative estimate of drug-likeness (QED) is 0.161.